The van der Waals surface area contributed by atoms with Crippen molar-refractivity contribution in [2.45, 2.75) is 17.8 Å². The number of benzene rings is 1. The summed E-state index contributed by atoms with van der Waals surface area (Å²) in [5.41, 5.74) is 0. The minimum absolute atomic E-state index is 0.161. The zero-order valence-corrected chi connectivity index (χ0v) is 12.2. The number of carbonyl (C=O) groups excluding carboxylic acids is 1. The Morgan fingerprint density at radius 3 is 2.53 bits per heavy atom. The average molecular weight is 341 g/mol. The van der Waals surface area contributed by atoms with Crippen molar-refractivity contribution in [1.82, 2.24) is 5.32 Å². The minimum Gasteiger partial charge on any atom is -0.491 e. The van der Waals surface area contributed by atoms with Crippen LogP contribution in [0.25, 0.3) is 0 Å². The average Bonchev–Trinajstić information content (AvgIpc) is 2.28. The number of hydrogen-bond donors (Lipinski definition) is 1. The molecule has 1 aromatic carbocycles. The highest BCUT2D eigenvalue weighted by atomic mass is 79.9. The molecule has 0 aliphatic carbocycles. The molecule has 94 valence electrons. The second-order valence-electron chi connectivity index (χ2n) is 3.48. The highest BCUT2D eigenvalue weighted by molar-refractivity contribution is 9.10. The van der Waals surface area contributed by atoms with Crippen LogP contribution in [0.4, 0.5) is 0 Å². The van der Waals surface area contributed by atoms with Gasteiger partial charge in [-0.25, -0.2) is 0 Å². The lowest BCUT2D eigenvalue weighted by Gasteiger charge is -2.15. The molecule has 3 nitrogen and oxygen atoms in total. The molecule has 0 unspecified atom stereocenters. The number of nitrogens with one attached hydrogen (secondary N) is 1. The molecule has 1 amide bonds. The quantitative estimate of drug-likeness (QED) is 0.836. The van der Waals surface area contributed by atoms with Crippen LogP contribution in [0.3, 0.4) is 0 Å². The Labute approximate surface area is 119 Å². The van der Waals surface area contributed by atoms with Crippen molar-refractivity contribution in [2.24, 2.45) is 0 Å². The van der Waals surface area contributed by atoms with Gasteiger partial charge in [0.15, 0.2) is 4.84 Å². The first kappa shape index (κ1) is 14.6. The second-order valence-corrected chi connectivity index (χ2v) is 5.49. The number of ether oxygens (including phenoxy) is 1. The Balaban J connectivity index is 2.35. The fourth-order valence-electron chi connectivity index (χ4n) is 1.10. The maximum Gasteiger partial charge on any atom is 0.253 e. The van der Waals surface area contributed by atoms with Crippen LogP contribution in [0.5, 0.6) is 5.75 Å². The molecule has 0 spiro atoms. The van der Waals surface area contributed by atoms with E-state index in [1.807, 2.05) is 31.2 Å². The maximum atomic E-state index is 11.2. The van der Waals surface area contributed by atoms with Gasteiger partial charge in [-0.3, -0.25) is 4.79 Å². The predicted molar refractivity (Wildman–Crippen MR) is 72.7 cm³/mol. The van der Waals surface area contributed by atoms with E-state index in [4.69, 9.17) is 27.9 Å². The summed E-state index contributed by atoms with van der Waals surface area (Å²) in [5.74, 6) is 0.322. The second kappa shape index (κ2) is 7.09. The third-order valence-electron chi connectivity index (χ3n) is 1.90. The normalized spacial score (nSPS) is 12.3. The van der Waals surface area contributed by atoms with Gasteiger partial charge in [-0.1, -0.05) is 39.1 Å². The molecule has 0 saturated carbocycles. The standard InChI is InChI=1S/C11H12BrCl2NO2/c1-7(15-11(16)10(13)14)6-17-9-4-2-8(12)3-5-9/h2-5,7,10H,6H2,1H3,(H,15,16)/t7-/m0/s1. The van der Waals surface area contributed by atoms with Crippen molar-refractivity contribution in [1.29, 1.82) is 0 Å². The number of halogens is 3. The van der Waals surface area contributed by atoms with E-state index in [1.54, 1.807) is 0 Å². The lowest BCUT2D eigenvalue weighted by Crippen LogP contribution is -2.39. The van der Waals surface area contributed by atoms with E-state index in [0.717, 1.165) is 10.2 Å². The summed E-state index contributed by atoms with van der Waals surface area (Å²) in [4.78, 5) is 10.1. The molecule has 0 radical (unpaired) electrons. The molecule has 0 aromatic heterocycles. The Bertz CT molecular complexity index is 370. The minimum atomic E-state index is -1.05. The Morgan fingerprint density at radius 1 is 1.41 bits per heavy atom. The monoisotopic (exact) mass is 339 g/mol. The van der Waals surface area contributed by atoms with Crippen LogP contribution in [0, 0.1) is 0 Å². The summed E-state index contributed by atoms with van der Waals surface area (Å²) in [5, 5.41) is 2.62. The largest absolute Gasteiger partial charge is 0.491 e. The third-order valence-corrected chi connectivity index (χ3v) is 2.83. The summed E-state index contributed by atoms with van der Waals surface area (Å²) in [7, 11) is 0. The molecule has 6 heteroatoms. The van der Waals surface area contributed by atoms with Gasteiger partial charge in [0.2, 0.25) is 0 Å². The zero-order valence-electron chi connectivity index (χ0n) is 9.12. The molecule has 1 atom stereocenters. The number of hydrogen-bond acceptors (Lipinski definition) is 2. The fourth-order valence-corrected chi connectivity index (χ4v) is 1.49. The van der Waals surface area contributed by atoms with Gasteiger partial charge < -0.3 is 10.1 Å². The highest BCUT2D eigenvalue weighted by Gasteiger charge is 2.14. The van der Waals surface area contributed by atoms with E-state index in [1.165, 1.54) is 0 Å². The molecule has 1 N–H and O–H groups in total. The Kier molecular flexibility index (Phi) is 6.09. The molecule has 0 fully saturated rings. The summed E-state index contributed by atoms with van der Waals surface area (Å²) in [6, 6.07) is 7.28. The van der Waals surface area contributed by atoms with Crippen molar-refractivity contribution in [3.8, 4) is 5.75 Å². The first-order valence-corrected chi connectivity index (χ1v) is 6.62. The van der Waals surface area contributed by atoms with E-state index >= 15 is 0 Å². The Morgan fingerprint density at radius 2 is 2.00 bits per heavy atom. The predicted octanol–water partition coefficient (Wildman–Crippen LogP) is 3.14. The van der Waals surface area contributed by atoms with Crippen LogP contribution in [0.2, 0.25) is 0 Å². The number of alkyl halides is 2. The van der Waals surface area contributed by atoms with Crippen LogP contribution in [0.1, 0.15) is 6.92 Å². The van der Waals surface area contributed by atoms with E-state index in [0.29, 0.717) is 6.61 Å². The molecule has 0 heterocycles. The molecule has 0 aliphatic rings. The van der Waals surface area contributed by atoms with Gasteiger partial charge in [0, 0.05) is 4.47 Å². The van der Waals surface area contributed by atoms with Gasteiger partial charge in [0.1, 0.15) is 12.4 Å². The van der Waals surface area contributed by atoms with Crippen LogP contribution < -0.4 is 10.1 Å². The van der Waals surface area contributed by atoms with Crippen LogP contribution in [-0.4, -0.2) is 23.4 Å². The van der Waals surface area contributed by atoms with Gasteiger partial charge in [-0.2, -0.15) is 0 Å². The first-order chi connectivity index (χ1) is 7.99. The molecule has 0 aliphatic heterocycles. The lowest BCUT2D eigenvalue weighted by molar-refractivity contribution is -0.120. The van der Waals surface area contributed by atoms with E-state index in [2.05, 4.69) is 21.2 Å². The van der Waals surface area contributed by atoms with E-state index < -0.39 is 10.7 Å². The molecule has 0 saturated heterocycles. The SMILES string of the molecule is C[C@@H](COc1ccc(Br)cc1)NC(=O)C(Cl)Cl. The number of amides is 1. The van der Waals surface area contributed by atoms with Crippen molar-refractivity contribution in [3.05, 3.63) is 28.7 Å². The van der Waals surface area contributed by atoms with Crippen molar-refractivity contribution >= 4 is 45.0 Å². The Hall–Kier alpha value is -0.450. The highest BCUT2D eigenvalue weighted by Crippen LogP contribution is 2.16. The van der Waals surface area contributed by atoms with Crippen molar-refractivity contribution < 1.29 is 9.53 Å². The topological polar surface area (TPSA) is 38.3 Å². The van der Waals surface area contributed by atoms with Crippen LogP contribution in [0.15, 0.2) is 28.7 Å². The lowest BCUT2D eigenvalue weighted by atomic mass is 10.3. The number of rotatable bonds is 5. The molecule has 1 rings (SSSR count). The molecule has 1 aromatic rings. The third kappa shape index (κ3) is 5.61. The van der Waals surface area contributed by atoms with Crippen molar-refractivity contribution in [2.75, 3.05) is 6.61 Å². The summed E-state index contributed by atoms with van der Waals surface area (Å²) in [6.45, 7) is 2.17. The van der Waals surface area contributed by atoms with E-state index in [-0.39, 0.29) is 6.04 Å². The van der Waals surface area contributed by atoms with Crippen LogP contribution in [-0.2, 0) is 4.79 Å². The van der Waals surface area contributed by atoms with Crippen LogP contribution >= 0.6 is 39.1 Å². The summed E-state index contributed by atoms with van der Waals surface area (Å²) < 4.78 is 6.47. The summed E-state index contributed by atoms with van der Waals surface area (Å²) in [6.07, 6.45) is 0. The number of carbonyl (C=O) groups is 1. The van der Waals surface area contributed by atoms with Gasteiger partial charge in [0.05, 0.1) is 6.04 Å². The molecular weight excluding hydrogens is 329 g/mol. The molecule has 0 bridgehead atoms. The van der Waals surface area contributed by atoms with Gasteiger partial charge in [-0.15, -0.1) is 0 Å². The zero-order chi connectivity index (χ0) is 12.8. The van der Waals surface area contributed by atoms with Crippen molar-refractivity contribution in [3.63, 3.8) is 0 Å². The van der Waals surface area contributed by atoms with Gasteiger partial charge in [0.25, 0.3) is 5.91 Å². The maximum absolute atomic E-state index is 11.2. The summed E-state index contributed by atoms with van der Waals surface area (Å²) >= 11 is 14.2. The smallest absolute Gasteiger partial charge is 0.253 e. The van der Waals surface area contributed by atoms with Gasteiger partial charge in [-0.05, 0) is 31.2 Å². The molecule has 17 heavy (non-hydrogen) atoms. The van der Waals surface area contributed by atoms with E-state index in [9.17, 15) is 4.79 Å². The molecular formula is C11H12BrCl2NO2. The van der Waals surface area contributed by atoms with Gasteiger partial charge >= 0.3 is 0 Å². The fraction of sp³-hybridized carbons (Fsp3) is 0.364. The first-order valence-electron chi connectivity index (χ1n) is 4.96.